The van der Waals surface area contributed by atoms with Gasteiger partial charge in [0.1, 0.15) is 4.90 Å². The molecule has 1 N–H and O–H groups in total. The summed E-state index contributed by atoms with van der Waals surface area (Å²) in [6.07, 6.45) is 0. The Morgan fingerprint density at radius 2 is 1.72 bits per heavy atom. The minimum Gasteiger partial charge on any atom is -0.349 e. The molecule has 0 saturated carbocycles. The standard InChI is InChI=1S/C24H25N3O3S2/c1-16(2)17-10-12-18(13-11-17)23(20-8-6-14-31-20)25-22(28)15-27(3)24-19-7-4-5-9-21(19)32(29,30)26-24/h4-14,16,23H,15H2,1-3H3,(H,25,28). The Kier molecular flexibility index (Phi) is 6.17. The van der Waals surface area contributed by atoms with Gasteiger partial charge in [-0.3, -0.25) is 4.79 Å². The molecule has 1 amide bonds. The molecule has 8 heteroatoms. The molecule has 6 nitrogen and oxygen atoms in total. The van der Waals surface area contributed by atoms with E-state index in [1.807, 2.05) is 29.6 Å². The van der Waals surface area contributed by atoms with Crippen LogP contribution < -0.4 is 5.32 Å². The number of hydrogen-bond donors (Lipinski definition) is 1. The number of thiophene rings is 1. The molecule has 0 radical (unpaired) electrons. The zero-order chi connectivity index (χ0) is 22.9. The third kappa shape index (κ3) is 4.47. The van der Waals surface area contributed by atoms with Gasteiger partial charge in [-0.2, -0.15) is 8.42 Å². The highest BCUT2D eigenvalue weighted by Gasteiger charge is 2.31. The van der Waals surface area contributed by atoms with Gasteiger partial charge in [-0.05, 0) is 40.6 Å². The summed E-state index contributed by atoms with van der Waals surface area (Å²) in [6, 6.07) is 18.6. The summed E-state index contributed by atoms with van der Waals surface area (Å²) in [6.45, 7) is 4.27. The molecule has 1 aliphatic heterocycles. The Hall–Kier alpha value is -2.97. The Bertz CT molecular complexity index is 1250. The van der Waals surface area contributed by atoms with Crippen molar-refractivity contribution in [2.45, 2.75) is 30.7 Å². The zero-order valence-corrected chi connectivity index (χ0v) is 19.8. The lowest BCUT2D eigenvalue weighted by Gasteiger charge is -2.22. The maximum absolute atomic E-state index is 13.0. The highest BCUT2D eigenvalue weighted by Crippen LogP contribution is 2.29. The summed E-state index contributed by atoms with van der Waals surface area (Å²) < 4.78 is 28.6. The van der Waals surface area contributed by atoms with Gasteiger partial charge in [0.2, 0.25) is 5.91 Å². The molecule has 2 heterocycles. The number of hydrogen-bond acceptors (Lipinski definition) is 5. The van der Waals surface area contributed by atoms with Gasteiger partial charge in [0.25, 0.3) is 10.0 Å². The number of benzene rings is 2. The fraction of sp³-hybridized carbons (Fsp3) is 0.250. The van der Waals surface area contributed by atoms with Crippen molar-refractivity contribution in [1.29, 1.82) is 0 Å². The Balaban J connectivity index is 1.53. The summed E-state index contributed by atoms with van der Waals surface area (Å²) in [5.74, 6) is 0.492. The number of amides is 1. The number of likely N-dealkylation sites (N-methyl/N-ethyl adjacent to an activating group) is 1. The van der Waals surface area contributed by atoms with E-state index in [4.69, 9.17) is 0 Å². The average molecular weight is 468 g/mol. The van der Waals surface area contributed by atoms with Gasteiger partial charge < -0.3 is 10.2 Å². The van der Waals surface area contributed by atoms with Crippen LogP contribution in [0.15, 0.2) is 75.3 Å². The molecular weight excluding hydrogens is 442 g/mol. The second-order valence-electron chi connectivity index (χ2n) is 8.08. The minimum absolute atomic E-state index is 0.0192. The van der Waals surface area contributed by atoms with Gasteiger partial charge in [-0.25, -0.2) is 0 Å². The molecule has 4 rings (SSSR count). The number of fused-ring (bicyclic) bond motifs is 1. The van der Waals surface area contributed by atoms with E-state index in [-0.39, 0.29) is 29.2 Å². The van der Waals surface area contributed by atoms with Crippen molar-refractivity contribution < 1.29 is 13.2 Å². The number of amidine groups is 1. The van der Waals surface area contributed by atoms with Crippen LogP contribution in [-0.2, 0) is 14.8 Å². The first-order valence-corrected chi connectivity index (χ1v) is 12.7. The summed E-state index contributed by atoms with van der Waals surface area (Å²) in [4.78, 5) is 15.8. The fourth-order valence-corrected chi connectivity index (χ4v) is 5.76. The van der Waals surface area contributed by atoms with Gasteiger partial charge >= 0.3 is 0 Å². The van der Waals surface area contributed by atoms with Crippen molar-refractivity contribution in [3.05, 3.63) is 87.6 Å². The first kappa shape index (κ1) is 22.2. The van der Waals surface area contributed by atoms with Gasteiger partial charge in [-0.15, -0.1) is 15.7 Å². The minimum atomic E-state index is -3.73. The SMILES string of the molecule is CC(C)c1ccc(C(NC(=O)CN(C)C2=NS(=O)(=O)c3ccccc32)c2cccs2)cc1. The second kappa shape index (κ2) is 8.88. The predicted octanol–water partition coefficient (Wildman–Crippen LogP) is 4.16. The van der Waals surface area contributed by atoms with Crippen LogP contribution in [0.1, 0.15) is 47.4 Å². The first-order chi connectivity index (χ1) is 15.3. The lowest BCUT2D eigenvalue weighted by molar-refractivity contribution is -0.121. The van der Waals surface area contributed by atoms with E-state index >= 15 is 0 Å². The Morgan fingerprint density at radius 1 is 1.03 bits per heavy atom. The van der Waals surface area contributed by atoms with Crippen LogP contribution in [0, 0.1) is 0 Å². The molecule has 2 aromatic carbocycles. The molecule has 1 unspecified atom stereocenters. The van der Waals surface area contributed by atoms with E-state index in [1.54, 1.807) is 41.5 Å². The molecule has 166 valence electrons. The lowest BCUT2D eigenvalue weighted by atomic mass is 9.98. The van der Waals surface area contributed by atoms with E-state index in [0.717, 1.165) is 10.4 Å². The number of carbonyl (C=O) groups is 1. The van der Waals surface area contributed by atoms with Crippen LogP contribution in [-0.4, -0.2) is 38.7 Å². The van der Waals surface area contributed by atoms with Gasteiger partial charge in [-0.1, -0.05) is 56.3 Å². The molecule has 1 aromatic heterocycles. The molecule has 1 aliphatic rings. The summed E-state index contributed by atoms with van der Waals surface area (Å²) >= 11 is 1.58. The number of nitrogens with one attached hydrogen (secondary N) is 1. The number of rotatable bonds is 6. The molecular formula is C24H25N3O3S2. The van der Waals surface area contributed by atoms with Gasteiger partial charge in [0.15, 0.2) is 5.84 Å². The number of nitrogens with zero attached hydrogens (tertiary/aromatic N) is 2. The maximum Gasteiger partial charge on any atom is 0.285 e. The van der Waals surface area contributed by atoms with E-state index in [2.05, 4.69) is 35.7 Å². The molecule has 0 aliphatic carbocycles. The van der Waals surface area contributed by atoms with E-state index in [9.17, 15) is 13.2 Å². The van der Waals surface area contributed by atoms with Crippen LogP contribution in [0.4, 0.5) is 0 Å². The lowest BCUT2D eigenvalue weighted by Crippen LogP contribution is -2.40. The highest BCUT2D eigenvalue weighted by atomic mass is 32.2. The summed E-state index contributed by atoms with van der Waals surface area (Å²) in [5, 5.41) is 5.09. The third-order valence-electron chi connectivity index (χ3n) is 5.42. The molecule has 0 bridgehead atoms. The van der Waals surface area contributed by atoms with Crippen LogP contribution in [0.3, 0.4) is 0 Å². The molecule has 3 aromatic rings. The van der Waals surface area contributed by atoms with Crippen molar-refractivity contribution in [1.82, 2.24) is 10.2 Å². The largest absolute Gasteiger partial charge is 0.349 e. The average Bonchev–Trinajstić information content (AvgIpc) is 3.39. The predicted molar refractivity (Wildman–Crippen MR) is 128 cm³/mol. The quantitative estimate of drug-likeness (QED) is 0.591. The summed E-state index contributed by atoms with van der Waals surface area (Å²) in [5.41, 5.74) is 2.75. The molecule has 32 heavy (non-hydrogen) atoms. The molecule has 0 spiro atoms. The van der Waals surface area contributed by atoms with Crippen molar-refractivity contribution in [2.75, 3.05) is 13.6 Å². The van der Waals surface area contributed by atoms with E-state index in [0.29, 0.717) is 11.5 Å². The molecule has 0 fully saturated rings. The third-order valence-corrected chi connectivity index (χ3v) is 7.69. The summed E-state index contributed by atoms with van der Waals surface area (Å²) in [7, 11) is -2.06. The normalized spacial score (nSPS) is 15.2. The van der Waals surface area contributed by atoms with Crippen LogP contribution in [0.2, 0.25) is 0 Å². The van der Waals surface area contributed by atoms with Gasteiger partial charge in [0.05, 0.1) is 12.6 Å². The topological polar surface area (TPSA) is 78.8 Å². The van der Waals surface area contributed by atoms with Crippen LogP contribution in [0.5, 0.6) is 0 Å². The smallest absolute Gasteiger partial charge is 0.285 e. The molecule has 1 atom stereocenters. The monoisotopic (exact) mass is 467 g/mol. The number of carbonyl (C=O) groups excluding carboxylic acids is 1. The van der Waals surface area contributed by atoms with Crippen molar-refractivity contribution in [3.63, 3.8) is 0 Å². The van der Waals surface area contributed by atoms with Crippen molar-refractivity contribution in [3.8, 4) is 0 Å². The highest BCUT2D eigenvalue weighted by molar-refractivity contribution is 7.90. The molecule has 0 saturated heterocycles. The number of sulfonamides is 1. The zero-order valence-electron chi connectivity index (χ0n) is 18.1. The second-order valence-corrected chi connectivity index (χ2v) is 10.6. The Labute approximate surface area is 192 Å². The fourth-order valence-electron chi connectivity index (χ4n) is 3.71. The maximum atomic E-state index is 13.0. The van der Waals surface area contributed by atoms with Crippen molar-refractivity contribution >= 4 is 33.1 Å². The van der Waals surface area contributed by atoms with E-state index < -0.39 is 10.0 Å². The van der Waals surface area contributed by atoms with Crippen molar-refractivity contribution in [2.24, 2.45) is 4.40 Å². The first-order valence-electron chi connectivity index (χ1n) is 10.3. The van der Waals surface area contributed by atoms with E-state index in [1.165, 1.54) is 11.6 Å². The Morgan fingerprint density at radius 3 is 2.38 bits per heavy atom. The van der Waals surface area contributed by atoms with Crippen LogP contribution >= 0.6 is 11.3 Å². The van der Waals surface area contributed by atoms with Crippen LogP contribution in [0.25, 0.3) is 0 Å². The van der Waals surface area contributed by atoms with Gasteiger partial charge in [0, 0.05) is 17.5 Å².